The summed E-state index contributed by atoms with van der Waals surface area (Å²) in [4.78, 5) is 14.8. The molecule has 0 aliphatic carbocycles. The largest absolute Gasteiger partial charge is 0.478 e. The molecule has 0 aliphatic rings. The van der Waals surface area contributed by atoms with E-state index in [9.17, 15) is 4.79 Å². The molecule has 4 heteroatoms. The number of hydrogen-bond donors (Lipinski definition) is 1. The van der Waals surface area contributed by atoms with Crippen LogP contribution in [0.25, 0.3) is 22.3 Å². The highest BCUT2D eigenvalue weighted by Crippen LogP contribution is 2.27. The number of pyridine rings is 1. The Kier molecular flexibility index (Phi) is 2.34. The molecule has 3 aromatic rings. The van der Waals surface area contributed by atoms with Crippen molar-refractivity contribution in [3.05, 3.63) is 54.4 Å². The molecule has 2 heterocycles. The molecule has 3 rings (SSSR count). The van der Waals surface area contributed by atoms with E-state index in [0.29, 0.717) is 5.76 Å². The molecule has 0 saturated heterocycles. The predicted molar refractivity (Wildman–Crippen MR) is 66.4 cm³/mol. The summed E-state index contributed by atoms with van der Waals surface area (Å²) in [5.74, 6) is -0.231. The molecule has 0 spiro atoms. The van der Waals surface area contributed by atoms with Gasteiger partial charge in [-0.05, 0) is 24.3 Å². The number of furan rings is 1. The molecule has 0 saturated carbocycles. The third-order valence-corrected chi connectivity index (χ3v) is 2.73. The molecule has 0 unspecified atom stereocenters. The van der Waals surface area contributed by atoms with Crippen molar-refractivity contribution in [2.75, 3.05) is 0 Å². The Balaban J connectivity index is 2.06. The Morgan fingerprint density at radius 2 is 1.94 bits per heavy atom. The van der Waals surface area contributed by atoms with E-state index >= 15 is 0 Å². The van der Waals surface area contributed by atoms with E-state index in [2.05, 4.69) is 4.98 Å². The number of carboxylic acids is 1. The maximum atomic E-state index is 10.8. The Bertz CT molecular complexity index is 680. The molecular weight excluding hydrogens is 230 g/mol. The van der Waals surface area contributed by atoms with E-state index in [4.69, 9.17) is 9.52 Å². The zero-order valence-corrected chi connectivity index (χ0v) is 9.33. The minimum absolute atomic E-state index is 0.261. The maximum Gasteiger partial charge on any atom is 0.335 e. The Hall–Kier alpha value is -2.62. The second-order valence-corrected chi connectivity index (χ2v) is 3.91. The fraction of sp³-hybridized carbons (Fsp3) is 0. The molecule has 0 amide bonds. The van der Waals surface area contributed by atoms with Crippen LogP contribution in [0.5, 0.6) is 0 Å². The average molecular weight is 239 g/mol. The molecule has 0 atom stereocenters. The van der Waals surface area contributed by atoms with Gasteiger partial charge in [0.1, 0.15) is 11.3 Å². The van der Waals surface area contributed by atoms with Gasteiger partial charge < -0.3 is 9.52 Å². The highest BCUT2D eigenvalue weighted by atomic mass is 16.4. The summed E-state index contributed by atoms with van der Waals surface area (Å²) in [6, 6.07) is 10.3. The van der Waals surface area contributed by atoms with Gasteiger partial charge in [-0.25, -0.2) is 4.79 Å². The van der Waals surface area contributed by atoms with Crippen molar-refractivity contribution in [1.82, 2.24) is 4.98 Å². The molecular formula is C14H9NO3. The van der Waals surface area contributed by atoms with Crippen LogP contribution in [-0.2, 0) is 0 Å². The van der Waals surface area contributed by atoms with Gasteiger partial charge >= 0.3 is 5.97 Å². The zero-order valence-electron chi connectivity index (χ0n) is 9.33. The van der Waals surface area contributed by atoms with Crippen molar-refractivity contribution in [2.24, 2.45) is 0 Å². The molecule has 0 radical (unpaired) electrons. The smallest absolute Gasteiger partial charge is 0.335 e. The lowest BCUT2D eigenvalue weighted by Gasteiger charge is -1.97. The van der Waals surface area contributed by atoms with E-state index in [1.54, 1.807) is 42.7 Å². The summed E-state index contributed by atoms with van der Waals surface area (Å²) in [5.41, 5.74) is 1.87. The van der Waals surface area contributed by atoms with Crippen molar-refractivity contribution in [3.8, 4) is 11.3 Å². The molecule has 4 nitrogen and oxygen atoms in total. The van der Waals surface area contributed by atoms with E-state index in [1.165, 1.54) is 0 Å². The number of fused-ring (bicyclic) bond motifs is 1. The number of aromatic carboxylic acids is 1. The molecule has 2 aromatic heterocycles. The van der Waals surface area contributed by atoms with E-state index in [1.807, 2.05) is 6.07 Å². The van der Waals surface area contributed by atoms with E-state index in [-0.39, 0.29) is 5.56 Å². The number of aromatic nitrogens is 1. The van der Waals surface area contributed by atoms with Crippen LogP contribution in [0.4, 0.5) is 0 Å². The number of nitrogens with zero attached hydrogens (tertiary/aromatic N) is 1. The summed E-state index contributed by atoms with van der Waals surface area (Å²) >= 11 is 0. The molecule has 1 aromatic carbocycles. The normalized spacial score (nSPS) is 10.7. The molecule has 88 valence electrons. The lowest BCUT2D eigenvalue weighted by molar-refractivity contribution is 0.0697. The van der Waals surface area contributed by atoms with Crippen LogP contribution in [0, 0.1) is 0 Å². The van der Waals surface area contributed by atoms with E-state index < -0.39 is 5.97 Å². The molecule has 1 N–H and O–H groups in total. The van der Waals surface area contributed by atoms with E-state index in [0.717, 1.165) is 16.5 Å². The number of benzene rings is 1. The van der Waals surface area contributed by atoms with Crippen LogP contribution in [0.15, 0.2) is 53.2 Å². The van der Waals surface area contributed by atoms with Gasteiger partial charge in [0.05, 0.1) is 5.56 Å². The first-order valence-electron chi connectivity index (χ1n) is 5.41. The van der Waals surface area contributed by atoms with Crippen molar-refractivity contribution in [2.45, 2.75) is 0 Å². The van der Waals surface area contributed by atoms with Crippen LogP contribution in [0.2, 0.25) is 0 Å². The monoisotopic (exact) mass is 239 g/mol. The highest BCUT2D eigenvalue weighted by molar-refractivity contribution is 5.88. The van der Waals surface area contributed by atoms with Crippen LogP contribution in [-0.4, -0.2) is 16.1 Å². The second-order valence-electron chi connectivity index (χ2n) is 3.91. The third-order valence-electron chi connectivity index (χ3n) is 2.73. The molecule has 0 bridgehead atoms. The highest BCUT2D eigenvalue weighted by Gasteiger charge is 2.07. The number of carboxylic acid groups (broad SMARTS) is 1. The number of hydrogen-bond acceptors (Lipinski definition) is 3. The van der Waals surface area contributed by atoms with Crippen LogP contribution >= 0.6 is 0 Å². The van der Waals surface area contributed by atoms with Gasteiger partial charge in [-0.2, -0.15) is 0 Å². The fourth-order valence-electron chi connectivity index (χ4n) is 1.80. The zero-order chi connectivity index (χ0) is 12.5. The minimum atomic E-state index is -0.935. The predicted octanol–water partition coefficient (Wildman–Crippen LogP) is 3.19. The second kappa shape index (κ2) is 4.00. The first-order chi connectivity index (χ1) is 8.74. The summed E-state index contributed by atoms with van der Waals surface area (Å²) in [6.45, 7) is 0. The third kappa shape index (κ3) is 1.73. The van der Waals surface area contributed by atoms with Gasteiger partial charge in [-0.15, -0.1) is 0 Å². The first-order valence-corrected chi connectivity index (χ1v) is 5.41. The molecule has 18 heavy (non-hydrogen) atoms. The van der Waals surface area contributed by atoms with Crippen molar-refractivity contribution in [1.29, 1.82) is 0 Å². The van der Waals surface area contributed by atoms with Crippen LogP contribution in [0.3, 0.4) is 0 Å². The van der Waals surface area contributed by atoms with Gasteiger partial charge in [-0.3, -0.25) is 4.98 Å². The van der Waals surface area contributed by atoms with Gasteiger partial charge in [0, 0.05) is 23.3 Å². The van der Waals surface area contributed by atoms with Crippen molar-refractivity contribution < 1.29 is 14.3 Å². The number of carbonyl (C=O) groups is 1. The van der Waals surface area contributed by atoms with Crippen molar-refractivity contribution >= 4 is 16.9 Å². The van der Waals surface area contributed by atoms with Crippen LogP contribution in [0.1, 0.15) is 10.4 Å². The standard InChI is InChI=1S/C14H9NO3/c16-14(17)10-3-1-9(2-4-10)13-7-11-8-15-6-5-12(11)18-13/h1-8H,(H,16,17). The Labute approximate surface area is 103 Å². The van der Waals surface area contributed by atoms with Gasteiger partial charge in [0.2, 0.25) is 0 Å². The SMILES string of the molecule is O=C(O)c1ccc(-c2cc3cnccc3o2)cc1. The van der Waals surface area contributed by atoms with Gasteiger partial charge in [0.25, 0.3) is 0 Å². The first kappa shape index (κ1) is 10.5. The van der Waals surface area contributed by atoms with Crippen LogP contribution < -0.4 is 0 Å². The summed E-state index contributed by atoms with van der Waals surface area (Å²) < 4.78 is 5.67. The topological polar surface area (TPSA) is 63.3 Å². The van der Waals surface area contributed by atoms with Crippen molar-refractivity contribution in [3.63, 3.8) is 0 Å². The summed E-state index contributed by atoms with van der Waals surface area (Å²) in [7, 11) is 0. The van der Waals surface area contributed by atoms with Gasteiger partial charge in [-0.1, -0.05) is 12.1 Å². The lowest BCUT2D eigenvalue weighted by atomic mass is 10.1. The Morgan fingerprint density at radius 1 is 1.17 bits per heavy atom. The lowest BCUT2D eigenvalue weighted by Crippen LogP contribution is -1.94. The summed E-state index contributed by atoms with van der Waals surface area (Å²) in [6.07, 6.45) is 3.40. The molecule has 0 fully saturated rings. The van der Waals surface area contributed by atoms with Gasteiger partial charge in [0.15, 0.2) is 0 Å². The fourth-order valence-corrected chi connectivity index (χ4v) is 1.80. The number of rotatable bonds is 2. The summed E-state index contributed by atoms with van der Waals surface area (Å²) in [5, 5.41) is 9.75. The molecule has 0 aliphatic heterocycles. The maximum absolute atomic E-state index is 10.8. The average Bonchev–Trinajstić information content (AvgIpc) is 2.82. The Morgan fingerprint density at radius 3 is 2.61 bits per heavy atom. The quantitative estimate of drug-likeness (QED) is 0.745. The minimum Gasteiger partial charge on any atom is -0.478 e.